The lowest BCUT2D eigenvalue weighted by atomic mass is 9.92. The predicted octanol–water partition coefficient (Wildman–Crippen LogP) is 2.44. The summed E-state index contributed by atoms with van der Waals surface area (Å²) >= 11 is 0. The molecule has 1 aromatic carbocycles. The minimum absolute atomic E-state index is 0.217. The van der Waals surface area contributed by atoms with Crippen LogP contribution in [0.4, 0.5) is 0 Å². The maximum absolute atomic E-state index is 5.97. The summed E-state index contributed by atoms with van der Waals surface area (Å²) in [6.07, 6.45) is 0. The number of hydrogen-bond acceptors (Lipinski definition) is 2. The lowest BCUT2D eigenvalue weighted by Gasteiger charge is -2.17. The van der Waals surface area contributed by atoms with Gasteiger partial charge < -0.3 is 5.73 Å². The maximum atomic E-state index is 5.97. The lowest BCUT2D eigenvalue weighted by Crippen LogP contribution is -2.17. The highest BCUT2D eigenvalue weighted by atomic mass is 15.3. The maximum Gasteiger partial charge on any atom is 0.0596 e. The summed E-state index contributed by atoms with van der Waals surface area (Å²) in [5, 5.41) is 4.41. The Hall–Kier alpha value is -1.61. The van der Waals surface area contributed by atoms with Crippen molar-refractivity contribution in [2.75, 3.05) is 6.54 Å². The van der Waals surface area contributed by atoms with Crippen LogP contribution >= 0.6 is 0 Å². The van der Waals surface area contributed by atoms with Gasteiger partial charge in [0.2, 0.25) is 0 Å². The van der Waals surface area contributed by atoms with E-state index in [-0.39, 0.29) is 5.92 Å². The van der Waals surface area contributed by atoms with Crippen LogP contribution in [0.2, 0.25) is 0 Å². The highest BCUT2D eigenvalue weighted by Crippen LogP contribution is 2.25. The number of benzene rings is 1. The number of rotatable bonds is 3. The highest BCUT2D eigenvalue weighted by Gasteiger charge is 2.17. The Bertz CT molecular complexity index is 535. The third-order valence-corrected chi connectivity index (χ3v) is 3.28. The van der Waals surface area contributed by atoms with Gasteiger partial charge in [-0.05, 0) is 32.4 Å². The Labute approximate surface area is 109 Å². The number of aromatic nitrogens is 2. The molecule has 0 aliphatic rings. The van der Waals surface area contributed by atoms with Gasteiger partial charge in [0.1, 0.15) is 0 Å². The molecule has 2 aromatic rings. The molecular weight excluding hydrogens is 222 g/mol. The van der Waals surface area contributed by atoms with Gasteiger partial charge in [0.05, 0.1) is 5.69 Å². The highest BCUT2D eigenvalue weighted by molar-refractivity contribution is 5.36. The van der Waals surface area contributed by atoms with Gasteiger partial charge in [0.25, 0.3) is 0 Å². The number of nitrogens with two attached hydrogens (primary N) is 1. The third-order valence-electron chi connectivity index (χ3n) is 3.28. The molecule has 0 fully saturated rings. The van der Waals surface area contributed by atoms with E-state index in [2.05, 4.69) is 43.2 Å². The van der Waals surface area contributed by atoms with E-state index in [4.69, 9.17) is 5.73 Å². The van der Waals surface area contributed by atoms with E-state index >= 15 is 0 Å². The zero-order valence-electron chi connectivity index (χ0n) is 11.6. The van der Waals surface area contributed by atoms with Gasteiger partial charge in [0.15, 0.2) is 0 Å². The van der Waals surface area contributed by atoms with E-state index in [1.54, 1.807) is 0 Å². The summed E-state index contributed by atoms with van der Waals surface area (Å²) < 4.78 is 1.94. The molecule has 0 saturated carbocycles. The summed E-state index contributed by atoms with van der Waals surface area (Å²) in [6.45, 7) is 6.86. The molecule has 0 spiro atoms. The van der Waals surface area contributed by atoms with Gasteiger partial charge >= 0.3 is 0 Å². The molecule has 0 amide bonds. The smallest absolute Gasteiger partial charge is 0.0596 e. The molecule has 1 unspecified atom stereocenters. The topological polar surface area (TPSA) is 43.8 Å². The van der Waals surface area contributed by atoms with E-state index in [9.17, 15) is 0 Å². The first-order chi connectivity index (χ1) is 8.51. The fraction of sp³-hybridized carbons (Fsp3) is 0.400. The fourth-order valence-electron chi connectivity index (χ4n) is 2.60. The average Bonchev–Trinajstić information content (AvgIpc) is 2.58. The predicted molar refractivity (Wildman–Crippen MR) is 74.8 cm³/mol. The number of aryl methyl sites for hydroxylation is 4. The SMILES string of the molecule is Cc1cc(C)cc(C(CN)c2cc(C)nn2C)c1. The molecule has 1 heterocycles. The van der Waals surface area contributed by atoms with Gasteiger partial charge in [-0.1, -0.05) is 29.3 Å². The molecule has 0 radical (unpaired) electrons. The van der Waals surface area contributed by atoms with Crippen molar-refractivity contribution >= 4 is 0 Å². The Balaban J connectivity index is 2.48. The quantitative estimate of drug-likeness (QED) is 0.899. The van der Waals surface area contributed by atoms with Crippen molar-refractivity contribution in [2.24, 2.45) is 12.8 Å². The van der Waals surface area contributed by atoms with Crippen molar-refractivity contribution in [1.29, 1.82) is 0 Å². The minimum Gasteiger partial charge on any atom is -0.329 e. The number of nitrogens with zero attached hydrogens (tertiary/aromatic N) is 2. The van der Waals surface area contributed by atoms with Crippen LogP contribution in [-0.4, -0.2) is 16.3 Å². The molecule has 0 bridgehead atoms. The van der Waals surface area contributed by atoms with E-state index < -0.39 is 0 Å². The summed E-state index contributed by atoms with van der Waals surface area (Å²) in [6, 6.07) is 8.74. The van der Waals surface area contributed by atoms with Crippen molar-refractivity contribution in [1.82, 2.24) is 9.78 Å². The largest absolute Gasteiger partial charge is 0.329 e. The van der Waals surface area contributed by atoms with Crippen LogP contribution < -0.4 is 5.73 Å². The van der Waals surface area contributed by atoms with Crippen LogP contribution in [0.3, 0.4) is 0 Å². The Kier molecular flexibility index (Phi) is 3.53. The van der Waals surface area contributed by atoms with Crippen LogP contribution in [-0.2, 0) is 7.05 Å². The average molecular weight is 243 g/mol. The van der Waals surface area contributed by atoms with E-state index in [0.29, 0.717) is 6.54 Å². The van der Waals surface area contributed by atoms with E-state index in [0.717, 1.165) is 5.69 Å². The summed E-state index contributed by atoms with van der Waals surface area (Å²) in [5.41, 5.74) is 12.0. The Morgan fingerprint density at radius 3 is 2.17 bits per heavy atom. The van der Waals surface area contributed by atoms with Gasteiger partial charge in [-0.2, -0.15) is 5.10 Å². The zero-order valence-corrected chi connectivity index (χ0v) is 11.6. The molecule has 96 valence electrons. The molecule has 3 nitrogen and oxygen atoms in total. The van der Waals surface area contributed by atoms with Crippen LogP contribution in [0, 0.1) is 20.8 Å². The Morgan fingerprint density at radius 2 is 1.72 bits per heavy atom. The molecule has 3 heteroatoms. The van der Waals surface area contributed by atoms with Crippen LogP contribution in [0.25, 0.3) is 0 Å². The van der Waals surface area contributed by atoms with Crippen molar-refractivity contribution in [3.8, 4) is 0 Å². The standard InChI is InChI=1S/C15H21N3/c1-10-5-11(2)7-13(6-10)14(9-16)15-8-12(3)17-18(15)4/h5-8,14H,9,16H2,1-4H3. The third kappa shape index (κ3) is 2.46. The molecular formula is C15H21N3. The second-order valence-corrected chi connectivity index (χ2v) is 5.04. The molecule has 1 atom stereocenters. The molecule has 0 aliphatic carbocycles. The van der Waals surface area contributed by atoms with Gasteiger partial charge in [-0.15, -0.1) is 0 Å². The van der Waals surface area contributed by atoms with Crippen molar-refractivity contribution in [2.45, 2.75) is 26.7 Å². The molecule has 2 N–H and O–H groups in total. The van der Waals surface area contributed by atoms with Gasteiger partial charge in [-0.25, -0.2) is 0 Å². The molecule has 1 aromatic heterocycles. The summed E-state index contributed by atoms with van der Waals surface area (Å²) in [4.78, 5) is 0. The van der Waals surface area contributed by atoms with Crippen molar-refractivity contribution < 1.29 is 0 Å². The summed E-state index contributed by atoms with van der Waals surface area (Å²) in [7, 11) is 1.98. The second-order valence-electron chi connectivity index (χ2n) is 5.04. The lowest BCUT2D eigenvalue weighted by molar-refractivity contribution is 0.660. The molecule has 2 rings (SSSR count). The monoisotopic (exact) mass is 243 g/mol. The zero-order chi connectivity index (χ0) is 13.3. The van der Waals surface area contributed by atoms with E-state index in [1.165, 1.54) is 22.4 Å². The van der Waals surface area contributed by atoms with Crippen LogP contribution in [0.1, 0.15) is 34.0 Å². The first-order valence-electron chi connectivity index (χ1n) is 6.30. The number of hydrogen-bond donors (Lipinski definition) is 1. The fourth-order valence-corrected chi connectivity index (χ4v) is 2.60. The Morgan fingerprint density at radius 1 is 1.11 bits per heavy atom. The molecule has 0 saturated heterocycles. The molecule has 18 heavy (non-hydrogen) atoms. The normalized spacial score (nSPS) is 12.7. The minimum atomic E-state index is 0.217. The second kappa shape index (κ2) is 4.94. The first kappa shape index (κ1) is 12.8. The van der Waals surface area contributed by atoms with Crippen LogP contribution in [0.5, 0.6) is 0 Å². The van der Waals surface area contributed by atoms with Crippen molar-refractivity contribution in [3.63, 3.8) is 0 Å². The van der Waals surface area contributed by atoms with E-state index in [1.807, 2.05) is 18.7 Å². The summed E-state index contributed by atoms with van der Waals surface area (Å²) in [5.74, 6) is 0.217. The first-order valence-corrected chi connectivity index (χ1v) is 6.30. The van der Waals surface area contributed by atoms with Crippen molar-refractivity contribution in [3.05, 3.63) is 52.3 Å². The van der Waals surface area contributed by atoms with Crippen LogP contribution in [0.15, 0.2) is 24.3 Å². The van der Waals surface area contributed by atoms with Gasteiger partial charge in [0, 0.05) is 25.2 Å². The van der Waals surface area contributed by atoms with Gasteiger partial charge in [-0.3, -0.25) is 4.68 Å². The molecule has 0 aliphatic heterocycles.